The average Bonchev–Trinajstić information content (AvgIpc) is 2.02. The van der Waals surface area contributed by atoms with Gasteiger partial charge in [-0.25, -0.2) is 0 Å². The summed E-state index contributed by atoms with van der Waals surface area (Å²) in [6.45, 7) is 3.77. The van der Waals surface area contributed by atoms with Crippen LogP contribution in [0.2, 0.25) is 0 Å². The van der Waals surface area contributed by atoms with E-state index in [0.29, 0.717) is 0 Å². The zero-order valence-corrected chi connectivity index (χ0v) is 10.9. The second-order valence-electron chi connectivity index (χ2n) is 2.50. The molecule has 13 heavy (non-hydrogen) atoms. The fourth-order valence-electron chi connectivity index (χ4n) is 0.790. The Balaban J connectivity index is 2.72. The molecule has 0 aliphatic rings. The van der Waals surface area contributed by atoms with Crippen LogP contribution >= 0.6 is 43.6 Å². The monoisotopic (exact) mass is 321 g/mol. The summed E-state index contributed by atoms with van der Waals surface area (Å²) in [7, 11) is 0. The SMILES string of the molecule is C=C(Br)CSc1ccc(N)cc1Br. The van der Waals surface area contributed by atoms with E-state index in [9.17, 15) is 0 Å². The maximum absolute atomic E-state index is 5.62. The van der Waals surface area contributed by atoms with Crippen LogP contribution in [0.15, 0.2) is 38.6 Å². The lowest BCUT2D eigenvalue weighted by atomic mass is 10.3. The highest BCUT2D eigenvalue weighted by Crippen LogP contribution is 2.30. The predicted octanol–water partition coefficient (Wildman–Crippen LogP) is 4.03. The molecule has 1 aromatic rings. The van der Waals surface area contributed by atoms with Crippen molar-refractivity contribution in [3.8, 4) is 0 Å². The van der Waals surface area contributed by atoms with Crippen LogP contribution in [-0.2, 0) is 0 Å². The zero-order chi connectivity index (χ0) is 9.84. The minimum absolute atomic E-state index is 0.772. The molecule has 0 spiro atoms. The van der Waals surface area contributed by atoms with Crippen molar-refractivity contribution >= 4 is 49.3 Å². The fourth-order valence-corrected chi connectivity index (χ4v) is 2.55. The highest BCUT2D eigenvalue weighted by Gasteiger charge is 2.00. The molecule has 1 nitrogen and oxygen atoms in total. The predicted molar refractivity (Wildman–Crippen MR) is 67.3 cm³/mol. The summed E-state index contributed by atoms with van der Waals surface area (Å²) in [5, 5.41) is 0. The van der Waals surface area contributed by atoms with Crippen LogP contribution in [0.1, 0.15) is 0 Å². The standard InChI is InChI=1S/C9H9Br2NS/c1-6(10)5-13-9-3-2-7(12)4-8(9)11/h2-4H,1,5,12H2. The van der Waals surface area contributed by atoms with Gasteiger partial charge in [-0.05, 0) is 38.6 Å². The first kappa shape index (κ1) is 11.1. The van der Waals surface area contributed by atoms with Gasteiger partial charge in [0.2, 0.25) is 0 Å². The first-order chi connectivity index (χ1) is 6.09. The molecule has 0 amide bonds. The fraction of sp³-hybridized carbons (Fsp3) is 0.111. The van der Waals surface area contributed by atoms with Crippen molar-refractivity contribution in [1.82, 2.24) is 0 Å². The minimum atomic E-state index is 0.772. The maximum atomic E-state index is 5.62. The Hall–Kier alpha value is 0.0700. The topological polar surface area (TPSA) is 26.0 Å². The number of hydrogen-bond acceptors (Lipinski definition) is 2. The van der Waals surface area contributed by atoms with E-state index >= 15 is 0 Å². The van der Waals surface area contributed by atoms with E-state index in [1.54, 1.807) is 11.8 Å². The van der Waals surface area contributed by atoms with Crippen molar-refractivity contribution in [2.75, 3.05) is 11.5 Å². The molecule has 0 aliphatic carbocycles. The second-order valence-corrected chi connectivity index (χ2v) is 5.49. The average molecular weight is 323 g/mol. The van der Waals surface area contributed by atoms with Crippen molar-refractivity contribution in [2.45, 2.75) is 4.90 Å². The largest absolute Gasteiger partial charge is 0.399 e. The van der Waals surface area contributed by atoms with E-state index in [4.69, 9.17) is 5.73 Å². The number of halogens is 2. The van der Waals surface area contributed by atoms with Gasteiger partial charge in [-0.2, -0.15) is 0 Å². The van der Waals surface area contributed by atoms with Gasteiger partial charge in [0.15, 0.2) is 0 Å². The van der Waals surface area contributed by atoms with Crippen LogP contribution in [0.5, 0.6) is 0 Å². The summed E-state index contributed by atoms with van der Waals surface area (Å²) >= 11 is 8.48. The van der Waals surface area contributed by atoms with Gasteiger partial charge in [-0.3, -0.25) is 0 Å². The molecule has 0 aromatic heterocycles. The van der Waals surface area contributed by atoms with E-state index < -0.39 is 0 Å². The van der Waals surface area contributed by atoms with Crippen molar-refractivity contribution in [3.63, 3.8) is 0 Å². The first-order valence-corrected chi connectivity index (χ1v) is 6.18. The summed E-state index contributed by atoms with van der Waals surface area (Å²) in [4.78, 5) is 1.18. The first-order valence-electron chi connectivity index (χ1n) is 3.60. The second kappa shape index (κ2) is 5.08. The third-order valence-corrected chi connectivity index (χ3v) is 4.07. The van der Waals surface area contributed by atoms with Gasteiger partial charge in [0.25, 0.3) is 0 Å². The Kier molecular flexibility index (Phi) is 4.35. The lowest BCUT2D eigenvalue weighted by Crippen LogP contribution is -1.85. The molecule has 0 bridgehead atoms. The lowest BCUT2D eigenvalue weighted by molar-refractivity contribution is 1.41. The van der Waals surface area contributed by atoms with Gasteiger partial charge >= 0.3 is 0 Å². The number of thioether (sulfide) groups is 1. The highest BCUT2D eigenvalue weighted by atomic mass is 79.9. The molecule has 0 atom stereocenters. The molecular formula is C9H9Br2NS. The van der Waals surface area contributed by atoms with Crippen LogP contribution in [0.3, 0.4) is 0 Å². The smallest absolute Gasteiger partial charge is 0.0331 e. The van der Waals surface area contributed by atoms with Crippen LogP contribution in [0, 0.1) is 0 Å². The normalized spacial score (nSPS) is 10.0. The molecular weight excluding hydrogens is 314 g/mol. The number of rotatable bonds is 3. The number of hydrogen-bond donors (Lipinski definition) is 1. The van der Waals surface area contributed by atoms with Crippen molar-refractivity contribution in [3.05, 3.63) is 33.7 Å². The zero-order valence-electron chi connectivity index (χ0n) is 6.89. The van der Waals surface area contributed by atoms with Crippen molar-refractivity contribution < 1.29 is 0 Å². The summed E-state index contributed by atoms with van der Waals surface area (Å²) < 4.78 is 2.02. The van der Waals surface area contributed by atoms with Crippen LogP contribution < -0.4 is 5.73 Å². The Morgan fingerprint density at radius 2 is 2.23 bits per heavy atom. The molecule has 2 N–H and O–H groups in total. The molecule has 1 aromatic carbocycles. The highest BCUT2D eigenvalue weighted by molar-refractivity contribution is 9.12. The van der Waals surface area contributed by atoms with Gasteiger partial charge in [0.1, 0.15) is 0 Å². The molecule has 70 valence electrons. The quantitative estimate of drug-likeness (QED) is 0.671. The minimum Gasteiger partial charge on any atom is -0.399 e. The van der Waals surface area contributed by atoms with Crippen molar-refractivity contribution in [2.24, 2.45) is 0 Å². The summed E-state index contributed by atoms with van der Waals surface area (Å²) in [5.41, 5.74) is 6.39. The Morgan fingerprint density at radius 1 is 1.54 bits per heavy atom. The Labute approximate surface area is 99.0 Å². The number of anilines is 1. The molecule has 0 saturated heterocycles. The number of nitrogen functional groups attached to an aromatic ring is 1. The van der Waals surface area contributed by atoms with E-state index in [-0.39, 0.29) is 0 Å². The van der Waals surface area contributed by atoms with Gasteiger partial charge in [0, 0.05) is 20.8 Å². The van der Waals surface area contributed by atoms with E-state index in [1.165, 1.54) is 4.90 Å². The van der Waals surface area contributed by atoms with E-state index in [0.717, 1.165) is 20.4 Å². The summed E-state index contributed by atoms with van der Waals surface area (Å²) in [6.07, 6.45) is 0. The van der Waals surface area contributed by atoms with E-state index in [2.05, 4.69) is 38.4 Å². The van der Waals surface area contributed by atoms with Crippen LogP contribution in [0.4, 0.5) is 5.69 Å². The molecule has 0 heterocycles. The van der Waals surface area contributed by atoms with Crippen LogP contribution in [0.25, 0.3) is 0 Å². The van der Waals surface area contributed by atoms with Gasteiger partial charge in [0.05, 0.1) is 0 Å². The van der Waals surface area contributed by atoms with Gasteiger partial charge in [-0.15, -0.1) is 11.8 Å². The summed E-state index contributed by atoms with van der Waals surface area (Å²) in [5.74, 6) is 0.864. The molecule has 0 fully saturated rings. The third kappa shape index (κ3) is 3.75. The lowest BCUT2D eigenvalue weighted by Gasteiger charge is -2.03. The molecule has 0 unspecified atom stereocenters. The molecule has 1 rings (SSSR count). The molecule has 0 aliphatic heterocycles. The third-order valence-electron chi connectivity index (χ3n) is 1.34. The molecule has 0 saturated carbocycles. The maximum Gasteiger partial charge on any atom is 0.0331 e. The Morgan fingerprint density at radius 3 is 2.77 bits per heavy atom. The van der Waals surface area contributed by atoms with Crippen LogP contribution in [-0.4, -0.2) is 5.75 Å². The Bertz CT molecular complexity index is 325. The van der Waals surface area contributed by atoms with Gasteiger partial charge < -0.3 is 5.73 Å². The number of benzene rings is 1. The van der Waals surface area contributed by atoms with E-state index in [1.807, 2.05) is 18.2 Å². The summed E-state index contributed by atoms with van der Waals surface area (Å²) in [6, 6.07) is 5.80. The number of nitrogens with two attached hydrogens (primary N) is 1. The molecule has 0 radical (unpaired) electrons. The van der Waals surface area contributed by atoms with Gasteiger partial charge in [-0.1, -0.05) is 22.5 Å². The molecule has 4 heteroatoms. The van der Waals surface area contributed by atoms with Crippen molar-refractivity contribution in [1.29, 1.82) is 0 Å².